The first kappa shape index (κ1) is 16.2. The molecule has 1 aromatic heterocycles. The van der Waals surface area contributed by atoms with Crippen LogP contribution in [0.3, 0.4) is 0 Å². The van der Waals surface area contributed by atoms with E-state index in [2.05, 4.69) is 20.7 Å². The number of anilines is 1. The fourth-order valence-electron chi connectivity index (χ4n) is 2.36. The highest BCUT2D eigenvalue weighted by Crippen LogP contribution is 2.11. The van der Waals surface area contributed by atoms with Crippen LogP contribution in [0.2, 0.25) is 5.02 Å². The number of nitrogens with zero attached hydrogens (tertiary/aromatic N) is 3. The molecule has 1 atom stereocenters. The Bertz CT molecular complexity index is 654. The Morgan fingerprint density at radius 3 is 2.96 bits per heavy atom. The molecule has 0 aliphatic carbocycles. The minimum absolute atomic E-state index is 0.241. The highest BCUT2D eigenvalue weighted by Gasteiger charge is 2.15. The summed E-state index contributed by atoms with van der Waals surface area (Å²) < 4.78 is 7.28. The summed E-state index contributed by atoms with van der Waals surface area (Å²) in [5.41, 5.74) is 1.10. The van der Waals surface area contributed by atoms with Crippen molar-refractivity contribution in [3.8, 4) is 0 Å². The summed E-state index contributed by atoms with van der Waals surface area (Å²) in [5.74, 6) is 0.476. The molecule has 1 fully saturated rings. The lowest BCUT2D eigenvalue weighted by Crippen LogP contribution is -2.35. The standard InChI is InChI=1S/C15H18ClN5OS/c16-12-5-3-11(4-6-12)9-21-10-18-14(20-21)19-15(23)17-8-13-2-1-7-22-13/h3-6,10,13H,1-2,7-9H2,(H2,17,19,20,23). The maximum Gasteiger partial charge on any atom is 0.248 e. The average molecular weight is 352 g/mol. The molecule has 0 amide bonds. The molecule has 1 aliphatic heterocycles. The van der Waals surface area contributed by atoms with Crippen LogP contribution in [-0.4, -0.2) is 39.1 Å². The molecule has 23 heavy (non-hydrogen) atoms. The third-order valence-corrected chi connectivity index (χ3v) is 4.03. The van der Waals surface area contributed by atoms with Gasteiger partial charge in [-0.2, -0.15) is 0 Å². The summed E-state index contributed by atoms with van der Waals surface area (Å²) >= 11 is 11.1. The highest BCUT2D eigenvalue weighted by atomic mass is 35.5. The molecule has 2 aromatic rings. The highest BCUT2D eigenvalue weighted by molar-refractivity contribution is 7.80. The Balaban J connectivity index is 1.48. The first-order valence-electron chi connectivity index (χ1n) is 7.49. The fraction of sp³-hybridized carbons (Fsp3) is 0.400. The third-order valence-electron chi connectivity index (χ3n) is 3.53. The number of hydrogen-bond donors (Lipinski definition) is 2. The lowest BCUT2D eigenvalue weighted by atomic mass is 10.2. The summed E-state index contributed by atoms with van der Waals surface area (Å²) in [6, 6.07) is 7.64. The van der Waals surface area contributed by atoms with E-state index in [0.29, 0.717) is 24.2 Å². The quantitative estimate of drug-likeness (QED) is 0.807. The summed E-state index contributed by atoms with van der Waals surface area (Å²) in [5, 5.41) is 11.7. The molecule has 122 valence electrons. The SMILES string of the molecule is S=C(NCC1CCCO1)Nc1ncn(Cc2ccc(Cl)cc2)n1. The molecule has 0 bridgehead atoms. The number of nitrogens with one attached hydrogen (secondary N) is 2. The van der Waals surface area contributed by atoms with Gasteiger partial charge in [0.15, 0.2) is 5.11 Å². The van der Waals surface area contributed by atoms with Gasteiger partial charge in [0.1, 0.15) is 6.33 Å². The Morgan fingerprint density at radius 2 is 2.22 bits per heavy atom. The van der Waals surface area contributed by atoms with Gasteiger partial charge in [-0.1, -0.05) is 23.7 Å². The van der Waals surface area contributed by atoms with E-state index >= 15 is 0 Å². The van der Waals surface area contributed by atoms with Crippen LogP contribution in [0.4, 0.5) is 5.95 Å². The van der Waals surface area contributed by atoms with Crippen molar-refractivity contribution in [3.63, 3.8) is 0 Å². The van der Waals surface area contributed by atoms with Gasteiger partial charge in [-0.15, -0.1) is 5.10 Å². The topological polar surface area (TPSA) is 64.0 Å². The smallest absolute Gasteiger partial charge is 0.248 e. The zero-order valence-corrected chi connectivity index (χ0v) is 14.1. The Kier molecular flexibility index (Phi) is 5.43. The van der Waals surface area contributed by atoms with Crippen molar-refractivity contribution in [1.29, 1.82) is 0 Å². The predicted molar refractivity (Wildman–Crippen MR) is 93.8 cm³/mol. The zero-order valence-electron chi connectivity index (χ0n) is 12.5. The molecule has 0 spiro atoms. The maximum absolute atomic E-state index is 5.88. The summed E-state index contributed by atoms with van der Waals surface area (Å²) in [6.45, 7) is 2.17. The summed E-state index contributed by atoms with van der Waals surface area (Å²) in [6.07, 6.45) is 4.09. The second kappa shape index (κ2) is 7.72. The molecule has 0 radical (unpaired) electrons. The number of halogens is 1. The van der Waals surface area contributed by atoms with E-state index in [1.165, 1.54) is 0 Å². The van der Waals surface area contributed by atoms with Crippen LogP contribution < -0.4 is 10.6 Å². The molecule has 0 saturated carbocycles. The predicted octanol–water partition coefficient (Wildman–Crippen LogP) is 2.45. The van der Waals surface area contributed by atoms with Crippen LogP contribution >= 0.6 is 23.8 Å². The Hall–Kier alpha value is -1.70. The van der Waals surface area contributed by atoms with E-state index in [4.69, 9.17) is 28.6 Å². The first-order chi connectivity index (χ1) is 11.2. The number of aromatic nitrogens is 3. The van der Waals surface area contributed by atoms with Crippen LogP contribution in [0, 0.1) is 0 Å². The molecule has 1 aromatic carbocycles. The molecule has 1 saturated heterocycles. The number of thiocarbonyl (C=S) groups is 1. The van der Waals surface area contributed by atoms with Crippen LogP contribution in [0.1, 0.15) is 18.4 Å². The van der Waals surface area contributed by atoms with Crippen molar-refractivity contribution in [2.75, 3.05) is 18.5 Å². The van der Waals surface area contributed by atoms with Gasteiger partial charge in [0, 0.05) is 18.2 Å². The van der Waals surface area contributed by atoms with Crippen LogP contribution in [-0.2, 0) is 11.3 Å². The molecule has 1 aliphatic rings. The number of rotatable bonds is 5. The van der Waals surface area contributed by atoms with E-state index in [1.54, 1.807) is 11.0 Å². The largest absolute Gasteiger partial charge is 0.376 e. The lowest BCUT2D eigenvalue weighted by molar-refractivity contribution is 0.114. The summed E-state index contributed by atoms with van der Waals surface area (Å²) in [4.78, 5) is 4.21. The van der Waals surface area contributed by atoms with Crippen molar-refractivity contribution < 1.29 is 4.74 Å². The van der Waals surface area contributed by atoms with Crippen molar-refractivity contribution in [2.24, 2.45) is 0 Å². The molecule has 1 unspecified atom stereocenters. The zero-order chi connectivity index (χ0) is 16.1. The van der Waals surface area contributed by atoms with Gasteiger partial charge in [-0.25, -0.2) is 9.67 Å². The molecule has 6 nitrogen and oxygen atoms in total. The normalized spacial score (nSPS) is 17.2. The molecule has 2 heterocycles. The van der Waals surface area contributed by atoms with E-state index < -0.39 is 0 Å². The number of hydrogen-bond acceptors (Lipinski definition) is 4. The van der Waals surface area contributed by atoms with Gasteiger partial charge in [-0.3, -0.25) is 5.32 Å². The summed E-state index contributed by atoms with van der Waals surface area (Å²) in [7, 11) is 0. The van der Waals surface area contributed by atoms with E-state index in [1.807, 2.05) is 24.3 Å². The third kappa shape index (κ3) is 4.89. The fourth-order valence-corrected chi connectivity index (χ4v) is 2.66. The minimum Gasteiger partial charge on any atom is -0.376 e. The van der Waals surface area contributed by atoms with Gasteiger partial charge in [0.25, 0.3) is 0 Å². The average Bonchev–Trinajstić information content (AvgIpc) is 3.20. The molecular formula is C15H18ClN5OS. The maximum atomic E-state index is 5.88. The van der Waals surface area contributed by atoms with Crippen molar-refractivity contribution in [3.05, 3.63) is 41.2 Å². The molecule has 3 rings (SSSR count). The van der Waals surface area contributed by atoms with Crippen LogP contribution in [0.15, 0.2) is 30.6 Å². The van der Waals surface area contributed by atoms with Gasteiger partial charge in [0.2, 0.25) is 5.95 Å². The monoisotopic (exact) mass is 351 g/mol. The van der Waals surface area contributed by atoms with Crippen molar-refractivity contribution in [2.45, 2.75) is 25.5 Å². The molecule has 8 heteroatoms. The Morgan fingerprint density at radius 1 is 1.39 bits per heavy atom. The second-order valence-corrected chi connectivity index (χ2v) is 6.21. The van der Waals surface area contributed by atoms with Gasteiger partial charge in [0.05, 0.1) is 12.6 Å². The van der Waals surface area contributed by atoms with E-state index in [0.717, 1.165) is 30.0 Å². The second-order valence-electron chi connectivity index (χ2n) is 5.36. The number of ether oxygens (including phenoxy) is 1. The van der Waals surface area contributed by atoms with Crippen molar-refractivity contribution in [1.82, 2.24) is 20.1 Å². The molecule has 2 N–H and O–H groups in total. The van der Waals surface area contributed by atoms with Gasteiger partial charge < -0.3 is 10.1 Å². The van der Waals surface area contributed by atoms with Crippen molar-refractivity contribution >= 4 is 34.9 Å². The van der Waals surface area contributed by atoms with Gasteiger partial charge >= 0.3 is 0 Å². The number of benzene rings is 1. The first-order valence-corrected chi connectivity index (χ1v) is 8.28. The van der Waals surface area contributed by atoms with Crippen LogP contribution in [0.5, 0.6) is 0 Å². The Labute approximate surface area is 145 Å². The van der Waals surface area contributed by atoms with Crippen LogP contribution in [0.25, 0.3) is 0 Å². The van der Waals surface area contributed by atoms with Gasteiger partial charge in [-0.05, 0) is 42.8 Å². The molecular weight excluding hydrogens is 334 g/mol. The minimum atomic E-state index is 0.241. The lowest BCUT2D eigenvalue weighted by Gasteiger charge is -2.12. The van der Waals surface area contributed by atoms with E-state index in [9.17, 15) is 0 Å². The van der Waals surface area contributed by atoms with E-state index in [-0.39, 0.29) is 6.10 Å².